The van der Waals surface area contributed by atoms with Gasteiger partial charge >= 0.3 is 0 Å². The lowest BCUT2D eigenvalue weighted by Crippen LogP contribution is -2.38. The summed E-state index contributed by atoms with van der Waals surface area (Å²) in [5.74, 6) is 0.473. The van der Waals surface area contributed by atoms with E-state index in [9.17, 15) is 4.79 Å². The predicted molar refractivity (Wildman–Crippen MR) is 86.4 cm³/mol. The third kappa shape index (κ3) is 3.45. The molecular formula is C18H22N2O2. The number of carbonyl (C=O) groups excluding carboxylic acids is 1. The van der Waals surface area contributed by atoms with E-state index in [0.717, 1.165) is 42.0 Å². The van der Waals surface area contributed by atoms with Crippen molar-refractivity contribution in [1.29, 1.82) is 0 Å². The normalized spacial score (nSPS) is 21.7. The number of amides is 1. The standard InChI is InChI=1S/C18H22N2O2/c21-12-13-5-7-16(8-6-13)20-18(22)9-15-11-19-10-14-3-1-2-4-17(14)15/h1-4,10-11,13,16,21H,5-9,12H2,(H,20,22). The molecular weight excluding hydrogens is 276 g/mol. The van der Waals surface area contributed by atoms with Crippen molar-refractivity contribution in [2.75, 3.05) is 6.61 Å². The fourth-order valence-corrected chi connectivity index (χ4v) is 3.26. The molecule has 1 saturated carbocycles. The first-order chi connectivity index (χ1) is 10.8. The first-order valence-electron chi connectivity index (χ1n) is 7.98. The zero-order valence-corrected chi connectivity index (χ0v) is 12.7. The predicted octanol–water partition coefficient (Wildman–Crippen LogP) is 2.44. The Hall–Kier alpha value is -1.94. The highest BCUT2D eigenvalue weighted by Gasteiger charge is 2.22. The van der Waals surface area contributed by atoms with Gasteiger partial charge in [0.15, 0.2) is 0 Å². The van der Waals surface area contributed by atoms with Crippen LogP contribution in [0.25, 0.3) is 10.8 Å². The molecule has 1 aromatic carbocycles. The molecule has 1 fully saturated rings. The molecule has 0 saturated heterocycles. The third-order valence-electron chi connectivity index (χ3n) is 4.57. The number of aliphatic hydroxyl groups excluding tert-OH is 1. The van der Waals surface area contributed by atoms with Crippen molar-refractivity contribution >= 4 is 16.7 Å². The summed E-state index contributed by atoms with van der Waals surface area (Å²) in [7, 11) is 0. The highest BCUT2D eigenvalue weighted by Crippen LogP contribution is 2.24. The van der Waals surface area contributed by atoms with Crippen molar-refractivity contribution in [2.45, 2.75) is 38.1 Å². The molecule has 1 heterocycles. The molecule has 1 aromatic heterocycles. The van der Waals surface area contributed by atoms with E-state index in [1.54, 1.807) is 6.20 Å². The van der Waals surface area contributed by atoms with Crippen molar-refractivity contribution in [3.63, 3.8) is 0 Å². The van der Waals surface area contributed by atoms with E-state index in [-0.39, 0.29) is 18.6 Å². The lowest BCUT2D eigenvalue weighted by atomic mass is 9.86. The van der Waals surface area contributed by atoms with E-state index in [1.165, 1.54) is 0 Å². The van der Waals surface area contributed by atoms with Crippen molar-refractivity contribution in [3.05, 3.63) is 42.2 Å². The number of carbonyl (C=O) groups is 1. The molecule has 0 aliphatic heterocycles. The van der Waals surface area contributed by atoms with Gasteiger partial charge in [-0.2, -0.15) is 0 Å². The Bertz CT molecular complexity index is 643. The van der Waals surface area contributed by atoms with Crippen molar-refractivity contribution < 1.29 is 9.90 Å². The van der Waals surface area contributed by atoms with Gasteiger partial charge in [0.2, 0.25) is 5.91 Å². The Labute approximate surface area is 130 Å². The zero-order valence-electron chi connectivity index (χ0n) is 12.7. The molecule has 4 nitrogen and oxygen atoms in total. The molecule has 116 valence electrons. The van der Waals surface area contributed by atoms with Crippen LogP contribution in [0.4, 0.5) is 0 Å². The number of fused-ring (bicyclic) bond motifs is 1. The highest BCUT2D eigenvalue weighted by molar-refractivity contribution is 5.89. The molecule has 22 heavy (non-hydrogen) atoms. The van der Waals surface area contributed by atoms with E-state index in [1.807, 2.05) is 30.5 Å². The van der Waals surface area contributed by atoms with Gasteiger partial charge in [0.05, 0.1) is 6.42 Å². The molecule has 1 aliphatic rings. The van der Waals surface area contributed by atoms with Crippen LogP contribution in [-0.2, 0) is 11.2 Å². The summed E-state index contributed by atoms with van der Waals surface area (Å²) in [5.41, 5.74) is 0.972. The number of nitrogens with zero attached hydrogens (tertiary/aromatic N) is 1. The topological polar surface area (TPSA) is 62.2 Å². The Morgan fingerprint density at radius 3 is 2.73 bits per heavy atom. The zero-order chi connectivity index (χ0) is 15.4. The maximum absolute atomic E-state index is 12.3. The van der Waals surface area contributed by atoms with Crippen LogP contribution in [0.1, 0.15) is 31.2 Å². The van der Waals surface area contributed by atoms with Crippen LogP contribution in [0.5, 0.6) is 0 Å². The Balaban J connectivity index is 1.62. The molecule has 0 atom stereocenters. The fraction of sp³-hybridized carbons (Fsp3) is 0.444. The van der Waals surface area contributed by atoms with Gasteiger partial charge in [0.25, 0.3) is 0 Å². The van der Waals surface area contributed by atoms with Crippen molar-refractivity contribution in [3.8, 4) is 0 Å². The smallest absolute Gasteiger partial charge is 0.224 e. The minimum atomic E-state index is 0.0607. The second kappa shape index (κ2) is 6.88. The lowest BCUT2D eigenvalue weighted by Gasteiger charge is -2.28. The molecule has 2 N–H and O–H groups in total. The minimum Gasteiger partial charge on any atom is -0.396 e. The molecule has 0 spiro atoms. The van der Waals surface area contributed by atoms with E-state index < -0.39 is 0 Å². The van der Waals surface area contributed by atoms with Crippen LogP contribution in [-0.4, -0.2) is 28.6 Å². The van der Waals surface area contributed by atoms with Gasteiger partial charge in [-0.05, 0) is 42.6 Å². The lowest BCUT2D eigenvalue weighted by molar-refractivity contribution is -0.121. The molecule has 0 bridgehead atoms. The molecule has 3 rings (SSSR count). The summed E-state index contributed by atoms with van der Waals surface area (Å²) in [6.07, 6.45) is 7.90. The van der Waals surface area contributed by atoms with Crippen molar-refractivity contribution in [1.82, 2.24) is 10.3 Å². The van der Waals surface area contributed by atoms with Crippen LogP contribution in [0.15, 0.2) is 36.7 Å². The Morgan fingerprint density at radius 1 is 1.18 bits per heavy atom. The van der Waals surface area contributed by atoms with Crippen molar-refractivity contribution in [2.24, 2.45) is 5.92 Å². The van der Waals surface area contributed by atoms with Crippen LogP contribution >= 0.6 is 0 Å². The summed E-state index contributed by atoms with van der Waals surface area (Å²) >= 11 is 0. The maximum Gasteiger partial charge on any atom is 0.224 e. The van der Waals surface area contributed by atoms with Gasteiger partial charge < -0.3 is 10.4 Å². The number of aliphatic hydroxyl groups is 1. The summed E-state index contributed by atoms with van der Waals surface area (Å²) in [5, 5.41) is 14.4. The monoisotopic (exact) mass is 298 g/mol. The fourth-order valence-electron chi connectivity index (χ4n) is 3.26. The molecule has 0 radical (unpaired) electrons. The third-order valence-corrected chi connectivity index (χ3v) is 4.57. The number of benzene rings is 1. The quantitative estimate of drug-likeness (QED) is 0.911. The number of nitrogens with one attached hydrogen (secondary N) is 1. The molecule has 4 heteroatoms. The Kier molecular flexibility index (Phi) is 4.68. The second-order valence-electron chi connectivity index (χ2n) is 6.16. The number of aromatic nitrogens is 1. The molecule has 0 unspecified atom stereocenters. The number of pyridine rings is 1. The van der Waals surface area contributed by atoms with E-state index >= 15 is 0 Å². The number of hydrogen-bond donors (Lipinski definition) is 2. The van der Waals surface area contributed by atoms with Crippen LogP contribution in [0.3, 0.4) is 0 Å². The first kappa shape index (κ1) is 15.0. The largest absolute Gasteiger partial charge is 0.396 e. The van der Waals surface area contributed by atoms with Gasteiger partial charge in [-0.25, -0.2) is 0 Å². The first-order valence-corrected chi connectivity index (χ1v) is 7.98. The van der Waals surface area contributed by atoms with Gasteiger partial charge in [0, 0.05) is 30.4 Å². The second-order valence-corrected chi connectivity index (χ2v) is 6.16. The van der Waals surface area contributed by atoms with Gasteiger partial charge in [-0.1, -0.05) is 24.3 Å². The molecule has 1 amide bonds. The Morgan fingerprint density at radius 2 is 1.95 bits per heavy atom. The average Bonchev–Trinajstić information content (AvgIpc) is 2.56. The summed E-state index contributed by atoms with van der Waals surface area (Å²) < 4.78 is 0. The van der Waals surface area contributed by atoms with Gasteiger partial charge in [0.1, 0.15) is 0 Å². The SMILES string of the molecule is O=C(Cc1cncc2ccccc12)NC1CCC(CO)CC1. The number of hydrogen-bond acceptors (Lipinski definition) is 3. The van der Waals surface area contributed by atoms with Crippen LogP contribution in [0, 0.1) is 5.92 Å². The minimum absolute atomic E-state index is 0.0607. The number of rotatable bonds is 4. The van der Waals surface area contributed by atoms with Crippen LogP contribution in [0.2, 0.25) is 0 Å². The summed E-state index contributed by atoms with van der Waals surface area (Å²) in [4.78, 5) is 16.5. The maximum atomic E-state index is 12.3. The summed E-state index contributed by atoms with van der Waals surface area (Å²) in [6.45, 7) is 0.266. The molecule has 2 aromatic rings. The highest BCUT2D eigenvalue weighted by atomic mass is 16.3. The average molecular weight is 298 g/mol. The van der Waals surface area contributed by atoms with E-state index in [4.69, 9.17) is 5.11 Å². The summed E-state index contributed by atoms with van der Waals surface area (Å²) in [6, 6.07) is 8.26. The van der Waals surface area contributed by atoms with Crippen LogP contribution < -0.4 is 5.32 Å². The van der Waals surface area contributed by atoms with Gasteiger partial charge in [-0.3, -0.25) is 9.78 Å². The van der Waals surface area contributed by atoms with E-state index in [0.29, 0.717) is 12.3 Å². The molecule has 1 aliphatic carbocycles. The van der Waals surface area contributed by atoms with Gasteiger partial charge in [-0.15, -0.1) is 0 Å². The van der Waals surface area contributed by atoms with E-state index in [2.05, 4.69) is 10.3 Å².